The van der Waals surface area contributed by atoms with Crippen LogP contribution in [0.5, 0.6) is 0 Å². The van der Waals surface area contributed by atoms with E-state index in [2.05, 4.69) is 54.6 Å². The van der Waals surface area contributed by atoms with Crippen molar-refractivity contribution in [2.24, 2.45) is 0 Å². The minimum atomic E-state index is 0. The zero-order valence-corrected chi connectivity index (χ0v) is 17.4. The van der Waals surface area contributed by atoms with Crippen LogP contribution in [0.1, 0.15) is 35.4 Å². The topological polar surface area (TPSA) is 58.9 Å². The Balaban J connectivity index is 0.00000192. The molecule has 0 atom stereocenters. The van der Waals surface area contributed by atoms with Gasteiger partial charge in [0.1, 0.15) is 16.7 Å². The third-order valence-corrected chi connectivity index (χ3v) is 6.42. The predicted molar refractivity (Wildman–Crippen MR) is 114 cm³/mol. The van der Waals surface area contributed by atoms with Crippen LogP contribution in [0.3, 0.4) is 0 Å². The molecular weight excluding hydrogens is 392 g/mol. The number of aromatic nitrogens is 4. The lowest BCUT2D eigenvalue weighted by Gasteiger charge is -2.31. The van der Waals surface area contributed by atoms with Crippen molar-refractivity contribution in [1.29, 1.82) is 0 Å². The highest BCUT2D eigenvalue weighted by molar-refractivity contribution is 7.09. The van der Waals surface area contributed by atoms with Crippen LogP contribution in [0, 0.1) is 0 Å². The Morgan fingerprint density at radius 3 is 2.71 bits per heavy atom. The van der Waals surface area contributed by atoms with Gasteiger partial charge in [0.15, 0.2) is 0 Å². The highest BCUT2D eigenvalue weighted by Crippen LogP contribution is 2.29. The van der Waals surface area contributed by atoms with Crippen LogP contribution in [0.25, 0.3) is 11.3 Å². The molecule has 2 aliphatic rings. The summed E-state index contributed by atoms with van der Waals surface area (Å²) in [6.45, 7) is 6.02. The first-order chi connectivity index (χ1) is 13.4. The number of benzene rings is 1. The van der Waals surface area contributed by atoms with Crippen LogP contribution in [0.2, 0.25) is 0 Å². The van der Waals surface area contributed by atoms with E-state index >= 15 is 0 Å². The van der Waals surface area contributed by atoms with Gasteiger partial charge in [0, 0.05) is 30.0 Å². The molecule has 1 N–H and O–H groups in total. The average Bonchev–Trinajstić information content (AvgIpc) is 3.37. The van der Waals surface area contributed by atoms with Crippen LogP contribution in [-0.4, -0.2) is 44.3 Å². The maximum atomic E-state index is 4.84. The molecule has 1 fully saturated rings. The van der Waals surface area contributed by atoms with Crippen molar-refractivity contribution in [3.05, 3.63) is 52.4 Å². The van der Waals surface area contributed by atoms with Gasteiger partial charge in [-0.25, -0.2) is 4.98 Å². The molecule has 0 radical (unpaired) electrons. The lowest BCUT2D eigenvalue weighted by Crippen LogP contribution is -2.34. The number of likely N-dealkylation sites (tertiary alicyclic amines) is 1. The van der Waals surface area contributed by atoms with Crippen LogP contribution in [-0.2, 0) is 19.6 Å². The molecule has 2 aromatic heterocycles. The van der Waals surface area contributed by atoms with Crippen molar-refractivity contribution in [3.8, 4) is 11.3 Å². The molecule has 2 aliphatic heterocycles. The number of nitrogens with zero attached hydrogens (tertiary/aromatic N) is 5. The molecule has 0 saturated carbocycles. The maximum absolute atomic E-state index is 4.84. The van der Waals surface area contributed by atoms with Crippen LogP contribution >= 0.6 is 23.7 Å². The fourth-order valence-corrected chi connectivity index (χ4v) is 4.93. The number of hydrogen-bond donors (Lipinski definition) is 1. The quantitative estimate of drug-likeness (QED) is 0.707. The van der Waals surface area contributed by atoms with E-state index in [4.69, 9.17) is 4.98 Å². The summed E-state index contributed by atoms with van der Waals surface area (Å²) in [5.74, 6) is 2.83. The van der Waals surface area contributed by atoms with Crippen LogP contribution in [0.4, 0.5) is 0 Å². The number of nitrogens with one attached hydrogen (secondary N) is 1. The zero-order chi connectivity index (χ0) is 18.1. The lowest BCUT2D eigenvalue weighted by atomic mass is 9.96. The van der Waals surface area contributed by atoms with Gasteiger partial charge < -0.3 is 9.88 Å². The predicted octanol–water partition coefficient (Wildman–Crippen LogP) is 3.31. The van der Waals surface area contributed by atoms with Gasteiger partial charge in [0.25, 0.3) is 0 Å². The van der Waals surface area contributed by atoms with Crippen molar-refractivity contribution in [2.45, 2.75) is 38.4 Å². The zero-order valence-electron chi connectivity index (χ0n) is 15.8. The fraction of sp³-hybridized carbons (Fsp3) is 0.450. The first kappa shape index (κ1) is 19.5. The largest absolute Gasteiger partial charge is 0.312 e. The lowest BCUT2D eigenvalue weighted by molar-refractivity contribution is 0.199. The molecule has 4 heterocycles. The first-order valence-corrected chi connectivity index (χ1v) is 10.6. The average molecular weight is 417 g/mol. The van der Waals surface area contributed by atoms with Gasteiger partial charge in [-0.1, -0.05) is 30.3 Å². The second-order valence-corrected chi connectivity index (χ2v) is 8.29. The Bertz CT molecular complexity index is 901. The number of rotatable bonds is 4. The first-order valence-electron chi connectivity index (χ1n) is 9.72. The summed E-state index contributed by atoms with van der Waals surface area (Å²) in [6.07, 6.45) is 2.31. The Kier molecular flexibility index (Phi) is 6.06. The van der Waals surface area contributed by atoms with Gasteiger partial charge in [-0.05, 0) is 25.9 Å². The summed E-state index contributed by atoms with van der Waals surface area (Å²) in [5.41, 5.74) is 2.29. The smallest absolute Gasteiger partial charge is 0.147 e. The third-order valence-electron chi connectivity index (χ3n) is 5.58. The highest BCUT2D eigenvalue weighted by atomic mass is 35.5. The summed E-state index contributed by atoms with van der Waals surface area (Å²) < 4.78 is 2.34. The maximum Gasteiger partial charge on any atom is 0.147 e. The van der Waals surface area contributed by atoms with E-state index in [1.165, 1.54) is 16.4 Å². The highest BCUT2D eigenvalue weighted by Gasteiger charge is 2.27. The molecule has 0 spiro atoms. The molecule has 1 saturated heterocycles. The van der Waals surface area contributed by atoms with Gasteiger partial charge in [-0.15, -0.1) is 33.9 Å². The van der Waals surface area contributed by atoms with Gasteiger partial charge in [0.05, 0.1) is 18.8 Å². The Labute approximate surface area is 175 Å². The molecule has 1 aromatic carbocycles. The van der Waals surface area contributed by atoms with Gasteiger partial charge >= 0.3 is 0 Å². The van der Waals surface area contributed by atoms with Crippen LogP contribution in [0.15, 0.2) is 35.7 Å². The molecule has 0 unspecified atom stereocenters. The summed E-state index contributed by atoms with van der Waals surface area (Å²) in [4.78, 5) is 7.37. The SMILES string of the molecule is Cl.c1ccc(-c2csc(CN3CCC(c4nnc5n4CCNC5)CC3)n2)cc1. The number of fused-ring (bicyclic) bond motifs is 1. The van der Waals surface area contributed by atoms with Gasteiger partial charge in [-0.2, -0.15) is 0 Å². The molecular formula is C20H25ClN6S. The number of hydrogen-bond acceptors (Lipinski definition) is 6. The van der Waals surface area contributed by atoms with E-state index in [0.29, 0.717) is 5.92 Å². The summed E-state index contributed by atoms with van der Waals surface area (Å²) in [7, 11) is 0. The fourth-order valence-electron chi connectivity index (χ4n) is 4.08. The molecule has 6 nitrogen and oxygen atoms in total. The monoisotopic (exact) mass is 416 g/mol. The normalized spacial score (nSPS) is 17.9. The van der Waals surface area contributed by atoms with Crippen LogP contribution < -0.4 is 5.32 Å². The van der Waals surface area contributed by atoms with E-state index in [0.717, 1.165) is 63.6 Å². The van der Waals surface area contributed by atoms with E-state index < -0.39 is 0 Å². The minimum absolute atomic E-state index is 0. The standard InChI is InChI=1S/C20H24N6S.ClH/c1-2-4-15(5-3-1)17-14-27-19(22-17)13-25-9-6-16(7-10-25)20-24-23-18-12-21-8-11-26(18)20;/h1-5,14,16,21H,6-13H2;1H. The van der Waals surface area contributed by atoms with E-state index in [1.807, 2.05) is 6.07 Å². The Hall–Kier alpha value is -1.80. The molecule has 5 rings (SSSR count). The van der Waals surface area contributed by atoms with Gasteiger partial charge in [0.2, 0.25) is 0 Å². The van der Waals surface area contributed by atoms with Crippen molar-refractivity contribution >= 4 is 23.7 Å². The molecule has 148 valence electrons. The molecule has 0 amide bonds. The number of piperidine rings is 1. The van der Waals surface area contributed by atoms with Crippen molar-refractivity contribution in [3.63, 3.8) is 0 Å². The summed E-state index contributed by atoms with van der Waals surface area (Å²) >= 11 is 1.77. The molecule has 0 bridgehead atoms. The third kappa shape index (κ3) is 3.98. The molecule has 8 heteroatoms. The molecule has 3 aromatic rings. The Morgan fingerprint density at radius 2 is 1.89 bits per heavy atom. The minimum Gasteiger partial charge on any atom is -0.312 e. The summed E-state index contributed by atoms with van der Waals surface area (Å²) in [5, 5.41) is 15.6. The second-order valence-electron chi connectivity index (χ2n) is 7.35. The van der Waals surface area contributed by atoms with E-state index in [9.17, 15) is 0 Å². The van der Waals surface area contributed by atoms with Crippen molar-refractivity contribution in [2.75, 3.05) is 19.6 Å². The number of thiazole rings is 1. The second kappa shape index (κ2) is 8.69. The molecule has 28 heavy (non-hydrogen) atoms. The number of halogens is 1. The van der Waals surface area contributed by atoms with E-state index in [1.54, 1.807) is 11.3 Å². The van der Waals surface area contributed by atoms with Crippen molar-refractivity contribution in [1.82, 2.24) is 30.0 Å². The summed E-state index contributed by atoms with van der Waals surface area (Å²) in [6, 6.07) is 10.4. The molecule has 0 aliphatic carbocycles. The van der Waals surface area contributed by atoms with Gasteiger partial charge in [-0.3, -0.25) is 4.90 Å². The van der Waals surface area contributed by atoms with Crippen molar-refractivity contribution < 1.29 is 0 Å². The Morgan fingerprint density at radius 1 is 1.07 bits per heavy atom. The van der Waals surface area contributed by atoms with E-state index in [-0.39, 0.29) is 12.4 Å².